The lowest BCUT2D eigenvalue weighted by Crippen LogP contribution is -2.40. The van der Waals surface area contributed by atoms with Gasteiger partial charge in [0.15, 0.2) is 0 Å². The molecule has 6 rings (SSSR count). The van der Waals surface area contributed by atoms with Gasteiger partial charge in [0.2, 0.25) is 0 Å². The monoisotopic (exact) mass is 696 g/mol. The molecule has 0 radical (unpaired) electrons. The fourth-order valence-electron chi connectivity index (χ4n) is 6.95. The molecule has 0 heterocycles. The fourth-order valence-corrected chi connectivity index (χ4v) is 7.12. The van der Waals surface area contributed by atoms with Gasteiger partial charge in [0.05, 0.1) is 35.4 Å². The maximum atomic E-state index is 13.7. The van der Waals surface area contributed by atoms with Crippen LogP contribution in [0.5, 0.6) is 11.5 Å². The number of methoxy groups -OCH3 is 1. The molecule has 8 nitrogen and oxygen atoms in total. The molecule has 2 aliphatic carbocycles. The molecule has 0 saturated heterocycles. The molecule has 2 saturated carbocycles. The van der Waals surface area contributed by atoms with Crippen LogP contribution in [0, 0.1) is 17.8 Å². The first-order valence-electron chi connectivity index (χ1n) is 17.4. The second kappa shape index (κ2) is 14.7. The molecule has 0 aromatic heterocycles. The molecule has 0 aliphatic heterocycles. The van der Waals surface area contributed by atoms with Gasteiger partial charge in [-0.3, -0.25) is 14.4 Å². The molecule has 262 valence electrons. The van der Waals surface area contributed by atoms with E-state index in [1.807, 2.05) is 44.2 Å². The Morgan fingerprint density at radius 1 is 0.860 bits per heavy atom. The van der Waals surface area contributed by atoms with E-state index < -0.39 is 11.3 Å². The summed E-state index contributed by atoms with van der Waals surface area (Å²) in [6, 6.07) is 22.4. The average molecular weight is 697 g/mol. The predicted octanol–water partition coefficient (Wildman–Crippen LogP) is 9.05. The zero-order chi connectivity index (χ0) is 35.5. The summed E-state index contributed by atoms with van der Waals surface area (Å²) >= 11 is 6.26. The van der Waals surface area contributed by atoms with Crippen LogP contribution in [0.1, 0.15) is 90.6 Å². The zero-order valence-electron chi connectivity index (χ0n) is 29.2. The van der Waals surface area contributed by atoms with E-state index >= 15 is 0 Å². The van der Waals surface area contributed by atoms with E-state index in [1.165, 1.54) is 7.11 Å². The molecule has 2 N–H and O–H groups in total. The maximum Gasteiger partial charge on any atom is 0.312 e. The van der Waals surface area contributed by atoms with Crippen LogP contribution in [0.4, 0.5) is 5.69 Å². The van der Waals surface area contributed by atoms with Crippen molar-refractivity contribution in [2.24, 2.45) is 10.8 Å². The smallest absolute Gasteiger partial charge is 0.312 e. The van der Waals surface area contributed by atoms with Gasteiger partial charge in [0.1, 0.15) is 18.1 Å². The third-order valence-corrected chi connectivity index (χ3v) is 10.7. The van der Waals surface area contributed by atoms with Gasteiger partial charge in [0.25, 0.3) is 11.8 Å². The number of aryl methyl sites for hydroxylation is 1. The van der Waals surface area contributed by atoms with Crippen molar-refractivity contribution in [3.8, 4) is 11.5 Å². The Kier molecular flexibility index (Phi) is 10.4. The molecule has 0 unspecified atom stereocenters. The topological polar surface area (TPSA) is 103 Å². The number of carbonyl (C=O) groups excluding carboxylic acids is 3. The number of benzene rings is 4. The van der Waals surface area contributed by atoms with Crippen LogP contribution in [0.3, 0.4) is 0 Å². The number of fused-ring (bicyclic) bond motifs is 1. The minimum atomic E-state index is -0.609. The summed E-state index contributed by atoms with van der Waals surface area (Å²) in [4.78, 5) is 40.2. The van der Waals surface area contributed by atoms with Crippen LogP contribution in [0.2, 0.25) is 5.02 Å². The van der Waals surface area contributed by atoms with E-state index in [2.05, 4.69) is 29.7 Å². The highest BCUT2D eigenvalue weighted by Gasteiger charge is 2.40. The van der Waals surface area contributed by atoms with Crippen molar-refractivity contribution in [1.29, 1.82) is 0 Å². The number of ether oxygens (including phenoxy) is 3. The van der Waals surface area contributed by atoms with Crippen molar-refractivity contribution in [2.45, 2.75) is 78.4 Å². The number of hydrogen-bond acceptors (Lipinski definition) is 6. The molecule has 2 aliphatic rings. The number of rotatable bonds is 11. The summed E-state index contributed by atoms with van der Waals surface area (Å²) in [6.07, 6.45) is 5.74. The van der Waals surface area contributed by atoms with Crippen LogP contribution in [-0.4, -0.2) is 37.5 Å². The zero-order valence-corrected chi connectivity index (χ0v) is 30.0. The Balaban J connectivity index is 1.10. The molecule has 2 amide bonds. The van der Waals surface area contributed by atoms with E-state index in [0.29, 0.717) is 54.4 Å². The van der Waals surface area contributed by atoms with Crippen molar-refractivity contribution in [2.75, 3.05) is 19.0 Å². The molecule has 50 heavy (non-hydrogen) atoms. The van der Waals surface area contributed by atoms with Crippen LogP contribution in [-0.2, 0) is 16.1 Å². The second-order valence-corrected chi connectivity index (χ2v) is 14.8. The van der Waals surface area contributed by atoms with Crippen molar-refractivity contribution < 1.29 is 28.6 Å². The van der Waals surface area contributed by atoms with Gasteiger partial charge in [-0.2, -0.15) is 0 Å². The summed E-state index contributed by atoms with van der Waals surface area (Å²) in [5, 5.41) is 8.51. The lowest BCUT2D eigenvalue weighted by atomic mass is 9.70. The van der Waals surface area contributed by atoms with Crippen LogP contribution in [0.15, 0.2) is 72.8 Å². The van der Waals surface area contributed by atoms with Gasteiger partial charge in [-0.1, -0.05) is 67.4 Å². The van der Waals surface area contributed by atoms with Gasteiger partial charge in [-0.05, 0) is 110 Å². The highest BCUT2D eigenvalue weighted by atomic mass is 35.5. The standard InChI is InChI=1S/C41H45ClN2O6/c1-26-21-36(48-4)33(38(46)44-34-14-13-29(42)22-32(34)37(45)43-25-40(2)17-8-18-40)23-35(26)50-30-15-19-41(3,20-16-30)39(47)49-24-28-11-7-10-27-9-5-6-12-31(27)28/h5-7,9-14,21-23,30H,8,15-20,24-25H2,1-4H3,(H,43,45)(H,44,46). The summed E-state index contributed by atoms with van der Waals surface area (Å²) in [6.45, 7) is 6.82. The second-order valence-electron chi connectivity index (χ2n) is 14.4. The number of esters is 1. The predicted molar refractivity (Wildman–Crippen MR) is 196 cm³/mol. The highest BCUT2D eigenvalue weighted by Crippen LogP contribution is 2.41. The minimum absolute atomic E-state index is 0.0989. The van der Waals surface area contributed by atoms with Gasteiger partial charge in [-0.25, -0.2) is 0 Å². The van der Waals surface area contributed by atoms with Crippen molar-refractivity contribution in [3.63, 3.8) is 0 Å². The van der Waals surface area contributed by atoms with Gasteiger partial charge in [-0.15, -0.1) is 0 Å². The Morgan fingerprint density at radius 2 is 1.60 bits per heavy atom. The normalized spacial score (nSPS) is 19.6. The van der Waals surface area contributed by atoms with Crippen molar-refractivity contribution in [1.82, 2.24) is 5.32 Å². The summed E-state index contributed by atoms with van der Waals surface area (Å²) in [5.41, 5.74) is 2.20. The molecular weight excluding hydrogens is 652 g/mol. The molecule has 0 spiro atoms. The largest absolute Gasteiger partial charge is 0.496 e. The number of halogens is 1. The number of anilines is 1. The summed E-state index contributed by atoms with van der Waals surface area (Å²) in [5.74, 6) is 0.00832. The number of amides is 2. The van der Waals surface area contributed by atoms with Crippen molar-refractivity contribution in [3.05, 3.63) is 100 Å². The van der Waals surface area contributed by atoms with Crippen LogP contribution < -0.4 is 20.1 Å². The lowest BCUT2D eigenvalue weighted by Gasteiger charge is -2.38. The van der Waals surface area contributed by atoms with Gasteiger partial charge >= 0.3 is 5.97 Å². The van der Waals surface area contributed by atoms with E-state index in [-0.39, 0.29) is 41.1 Å². The first-order valence-corrected chi connectivity index (χ1v) is 17.7. The SMILES string of the molecule is COc1cc(C)c(OC2CCC(C)(C(=O)OCc3cccc4ccccc34)CC2)cc1C(=O)Nc1ccc(Cl)cc1C(=O)NCC1(C)CCC1. The number of nitrogens with one attached hydrogen (secondary N) is 2. The first kappa shape index (κ1) is 35.3. The molecule has 4 aromatic carbocycles. The van der Waals surface area contributed by atoms with E-state index in [4.69, 9.17) is 25.8 Å². The van der Waals surface area contributed by atoms with Gasteiger partial charge < -0.3 is 24.8 Å². The molecular formula is C41H45ClN2O6. The Morgan fingerprint density at radius 3 is 2.32 bits per heavy atom. The maximum absolute atomic E-state index is 13.7. The molecule has 0 bridgehead atoms. The Labute approximate surface area is 298 Å². The lowest BCUT2D eigenvalue weighted by molar-refractivity contribution is -0.159. The first-order chi connectivity index (χ1) is 24.0. The van der Waals surface area contributed by atoms with Crippen molar-refractivity contribution >= 4 is 45.8 Å². The summed E-state index contributed by atoms with van der Waals surface area (Å²) < 4.78 is 17.9. The molecule has 4 aromatic rings. The van der Waals surface area contributed by atoms with Crippen LogP contribution >= 0.6 is 11.6 Å². The van der Waals surface area contributed by atoms with E-state index in [9.17, 15) is 14.4 Å². The Hall–Kier alpha value is -4.56. The minimum Gasteiger partial charge on any atom is -0.496 e. The average Bonchev–Trinajstić information content (AvgIpc) is 3.10. The van der Waals surface area contributed by atoms with E-state index in [0.717, 1.165) is 41.2 Å². The third kappa shape index (κ3) is 7.76. The highest BCUT2D eigenvalue weighted by molar-refractivity contribution is 6.31. The number of carbonyl (C=O) groups is 3. The number of hydrogen-bond donors (Lipinski definition) is 2. The third-order valence-electron chi connectivity index (χ3n) is 10.5. The van der Waals surface area contributed by atoms with Crippen LogP contribution in [0.25, 0.3) is 10.8 Å². The molecule has 0 atom stereocenters. The Bertz CT molecular complexity index is 1910. The van der Waals surface area contributed by atoms with E-state index in [1.54, 1.807) is 30.3 Å². The quantitative estimate of drug-likeness (QED) is 0.152. The fraction of sp³-hybridized carbons (Fsp3) is 0.390. The molecule has 2 fully saturated rings. The molecule has 9 heteroatoms. The van der Waals surface area contributed by atoms with Gasteiger partial charge in [0, 0.05) is 11.6 Å². The summed E-state index contributed by atoms with van der Waals surface area (Å²) in [7, 11) is 1.51.